The van der Waals surface area contributed by atoms with Gasteiger partial charge in [-0.3, -0.25) is 4.79 Å². The fourth-order valence-electron chi connectivity index (χ4n) is 2.93. The zero-order chi connectivity index (χ0) is 17.9. The molecule has 2 N–H and O–H groups in total. The number of hydrogen-bond acceptors (Lipinski definition) is 4. The van der Waals surface area contributed by atoms with Crippen molar-refractivity contribution >= 4 is 21.4 Å². The van der Waals surface area contributed by atoms with E-state index in [4.69, 9.17) is 5.11 Å². The minimum atomic E-state index is -3.40. The molecule has 0 atom stereocenters. The van der Waals surface area contributed by atoms with Crippen LogP contribution < -0.4 is 5.32 Å². The van der Waals surface area contributed by atoms with Gasteiger partial charge < -0.3 is 10.4 Å². The Labute approximate surface area is 147 Å². The lowest BCUT2D eigenvalue weighted by atomic mass is 10.1. The molecule has 0 saturated heterocycles. The van der Waals surface area contributed by atoms with Crippen LogP contribution in [0.2, 0.25) is 0 Å². The van der Waals surface area contributed by atoms with Gasteiger partial charge in [0, 0.05) is 12.1 Å². The largest absolute Gasteiger partial charge is 0.392 e. The van der Waals surface area contributed by atoms with Crippen LogP contribution in [0.5, 0.6) is 0 Å². The number of aliphatic hydroxyl groups is 1. The van der Waals surface area contributed by atoms with Gasteiger partial charge in [-0.2, -0.15) is 0 Å². The Balaban J connectivity index is 1.75. The number of amides is 1. The molecule has 132 valence electrons. The minimum Gasteiger partial charge on any atom is -0.392 e. The molecule has 6 heteroatoms. The van der Waals surface area contributed by atoms with E-state index in [1.54, 1.807) is 30.3 Å². The summed E-state index contributed by atoms with van der Waals surface area (Å²) in [6.45, 7) is -0.0236. The quantitative estimate of drug-likeness (QED) is 0.859. The summed E-state index contributed by atoms with van der Waals surface area (Å²) in [6, 6.07) is 12.2. The van der Waals surface area contributed by atoms with Crippen LogP contribution in [0, 0.1) is 0 Å². The summed E-state index contributed by atoms with van der Waals surface area (Å²) in [5, 5.41) is 11.9. The van der Waals surface area contributed by atoms with Gasteiger partial charge in [-0.25, -0.2) is 8.42 Å². The Morgan fingerprint density at radius 3 is 2.44 bits per heavy atom. The van der Waals surface area contributed by atoms with E-state index in [0.29, 0.717) is 29.8 Å². The summed E-state index contributed by atoms with van der Waals surface area (Å²) < 4.78 is 25.3. The van der Waals surface area contributed by atoms with Crippen molar-refractivity contribution < 1.29 is 18.3 Å². The van der Waals surface area contributed by atoms with Crippen molar-refractivity contribution in [3.63, 3.8) is 0 Å². The summed E-state index contributed by atoms with van der Waals surface area (Å²) in [4.78, 5) is 11.9. The summed E-state index contributed by atoms with van der Waals surface area (Å²) >= 11 is 0. The van der Waals surface area contributed by atoms with Crippen LogP contribution in [0.15, 0.2) is 47.4 Å². The average Bonchev–Trinajstić information content (AvgIpc) is 2.80. The number of anilines is 1. The van der Waals surface area contributed by atoms with E-state index in [1.165, 1.54) is 0 Å². The van der Waals surface area contributed by atoms with Crippen LogP contribution in [0.25, 0.3) is 0 Å². The Bertz CT molecular complexity index is 873. The fourth-order valence-corrected chi connectivity index (χ4v) is 4.26. The number of hydrogen-bond donors (Lipinski definition) is 2. The summed E-state index contributed by atoms with van der Waals surface area (Å²) in [7, 11) is -3.40. The van der Waals surface area contributed by atoms with Crippen molar-refractivity contribution in [1.29, 1.82) is 0 Å². The van der Waals surface area contributed by atoms with Gasteiger partial charge in [0.25, 0.3) is 0 Å². The monoisotopic (exact) mass is 359 g/mol. The highest BCUT2D eigenvalue weighted by atomic mass is 32.2. The molecular weight excluding hydrogens is 338 g/mol. The molecule has 0 radical (unpaired) electrons. The highest BCUT2D eigenvalue weighted by Crippen LogP contribution is 2.26. The Morgan fingerprint density at radius 1 is 1.00 bits per heavy atom. The van der Waals surface area contributed by atoms with E-state index in [-0.39, 0.29) is 18.3 Å². The third kappa shape index (κ3) is 4.27. The molecule has 0 bridgehead atoms. The van der Waals surface area contributed by atoms with E-state index in [1.807, 2.05) is 12.1 Å². The van der Waals surface area contributed by atoms with E-state index < -0.39 is 9.84 Å². The normalized spacial score (nSPS) is 14.5. The lowest BCUT2D eigenvalue weighted by Gasteiger charge is -2.10. The Hall–Kier alpha value is -2.18. The second-order valence-corrected chi connectivity index (χ2v) is 8.37. The molecule has 2 aromatic rings. The summed E-state index contributed by atoms with van der Waals surface area (Å²) in [6.07, 6.45) is 2.29. The minimum absolute atomic E-state index is 0.0236. The predicted molar refractivity (Wildman–Crippen MR) is 96.1 cm³/mol. The lowest BCUT2D eigenvalue weighted by Crippen LogP contribution is -2.11. The maximum absolute atomic E-state index is 12.6. The first kappa shape index (κ1) is 17.6. The zero-order valence-corrected chi connectivity index (χ0v) is 14.7. The first-order valence-corrected chi connectivity index (χ1v) is 9.97. The highest BCUT2D eigenvalue weighted by molar-refractivity contribution is 7.91. The number of benzene rings is 2. The maximum Gasteiger partial charge on any atom is 0.224 e. The smallest absolute Gasteiger partial charge is 0.224 e. The van der Waals surface area contributed by atoms with Crippen LogP contribution in [0.3, 0.4) is 0 Å². The first-order chi connectivity index (χ1) is 12.0. The summed E-state index contributed by atoms with van der Waals surface area (Å²) in [5.41, 5.74) is 3.31. The molecule has 0 spiro atoms. The number of fused-ring (bicyclic) bond motifs is 1. The zero-order valence-electron chi connectivity index (χ0n) is 13.9. The van der Waals surface area contributed by atoms with E-state index >= 15 is 0 Å². The highest BCUT2D eigenvalue weighted by Gasteiger charge is 2.19. The average molecular weight is 359 g/mol. The number of carbonyl (C=O) groups excluding carboxylic acids is 1. The number of sulfone groups is 1. The molecule has 1 heterocycles. The summed E-state index contributed by atoms with van der Waals surface area (Å²) in [5.74, 6) is -0.00272. The number of rotatable bonds is 5. The molecule has 3 rings (SSSR count). The van der Waals surface area contributed by atoms with E-state index in [2.05, 4.69) is 5.32 Å². The third-order valence-electron chi connectivity index (χ3n) is 4.42. The number of carbonyl (C=O) groups is 1. The van der Waals surface area contributed by atoms with Gasteiger partial charge in [0.05, 0.1) is 17.3 Å². The van der Waals surface area contributed by atoms with Gasteiger partial charge in [0.15, 0.2) is 9.84 Å². The molecule has 1 amide bonds. The molecule has 1 aliphatic rings. The third-order valence-corrected chi connectivity index (χ3v) is 6.14. The number of nitrogens with one attached hydrogen (secondary N) is 1. The van der Waals surface area contributed by atoms with Crippen LogP contribution in [-0.4, -0.2) is 25.2 Å². The predicted octanol–water partition coefficient (Wildman–Crippen LogP) is 2.47. The molecule has 0 aromatic heterocycles. The fraction of sp³-hybridized carbons (Fsp3) is 0.316. The topological polar surface area (TPSA) is 83.5 Å². The molecular formula is C19H21NO4S. The maximum atomic E-state index is 12.6. The molecule has 5 nitrogen and oxygen atoms in total. The molecule has 25 heavy (non-hydrogen) atoms. The SMILES string of the molecule is O=C1CCCc2cc(S(=O)(=O)CCc3ccc(CO)cc3)ccc2N1. The van der Waals surface area contributed by atoms with Gasteiger partial charge >= 0.3 is 0 Å². The van der Waals surface area contributed by atoms with Crippen LogP contribution in [0.1, 0.15) is 29.5 Å². The van der Waals surface area contributed by atoms with Gasteiger partial charge in [-0.05, 0) is 54.2 Å². The van der Waals surface area contributed by atoms with Gasteiger partial charge in [0.2, 0.25) is 5.91 Å². The van der Waals surface area contributed by atoms with E-state index in [0.717, 1.165) is 23.1 Å². The Kier molecular flexibility index (Phi) is 5.20. The molecule has 0 aliphatic carbocycles. The van der Waals surface area contributed by atoms with Crippen molar-refractivity contribution in [3.8, 4) is 0 Å². The lowest BCUT2D eigenvalue weighted by molar-refractivity contribution is -0.116. The van der Waals surface area contributed by atoms with Crippen LogP contribution in [-0.2, 0) is 34.1 Å². The van der Waals surface area contributed by atoms with Crippen molar-refractivity contribution in [2.24, 2.45) is 0 Å². The van der Waals surface area contributed by atoms with Crippen molar-refractivity contribution in [3.05, 3.63) is 59.2 Å². The molecule has 1 aliphatic heterocycles. The molecule has 0 saturated carbocycles. The van der Waals surface area contributed by atoms with Crippen molar-refractivity contribution in [2.45, 2.75) is 37.2 Å². The van der Waals surface area contributed by atoms with Crippen LogP contribution >= 0.6 is 0 Å². The second-order valence-electron chi connectivity index (χ2n) is 6.26. The van der Waals surface area contributed by atoms with Crippen molar-refractivity contribution in [1.82, 2.24) is 0 Å². The van der Waals surface area contributed by atoms with Crippen LogP contribution in [0.4, 0.5) is 5.69 Å². The number of aryl methyl sites for hydroxylation is 2. The standard InChI is InChI=1S/C19H21NO4S/c21-13-15-6-4-14(5-7-15)10-11-25(23,24)17-8-9-18-16(12-17)2-1-3-19(22)20-18/h4-9,12,21H,1-3,10-11,13H2,(H,20,22). The van der Waals surface area contributed by atoms with Crippen molar-refractivity contribution in [2.75, 3.05) is 11.1 Å². The van der Waals surface area contributed by atoms with Gasteiger partial charge in [0.1, 0.15) is 0 Å². The van der Waals surface area contributed by atoms with Gasteiger partial charge in [-0.15, -0.1) is 0 Å². The Morgan fingerprint density at radius 2 is 1.72 bits per heavy atom. The number of aliphatic hydroxyl groups excluding tert-OH is 1. The first-order valence-electron chi connectivity index (χ1n) is 8.32. The molecule has 2 aromatic carbocycles. The molecule has 0 fully saturated rings. The molecule has 0 unspecified atom stereocenters. The second kappa shape index (κ2) is 7.37. The van der Waals surface area contributed by atoms with E-state index in [9.17, 15) is 13.2 Å². The van der Waals surface area contributed by atoms with Gasteiger partial charge in [-0.1, -0.05) is 24.3 Å².